The van der Waals surface area contributed by atoms with Gasteiger partial charge in [0, 0.05) is 11.1 Å². The van der Waals surface area contributed by atoms with Crippen molar-refractivity contribution in [3.05, 3.63) is 65.3 Å². The first-order valence-corrected chi connectivity index (χ1v) is 8.49. The summed E-state index contributed by atoms with van der Waals surface area (Å²) in [5.41, 5.74) is 6.50. The smallest absolute Gasteiger partial charge is 0.314 e. The number of benzene rings is 2. The third-order valence-electron chi connectivity index (χ3n) is 4.07. The van der Waals surface area contributed by atoms with Gasteiger partial charge in [-0.3, -0.25) is 4.79 Å². The van der Waals surface area contributed by atoms with E-state index in [4.69, 9.17) is 10.2 Å². The molecule has 0 aliphatic carbocycles. The molecule has 4 aromatic rings. The highest BCUT2D eigenvalue weighted by atomic mass is 19.3. The van der Waals surface area contributed by atoms with Gasteiger partial charge in [-0.25, -0.2) is 4.39 Å². The molecule has 152 valence electrons. The standard InChI is InChI=1S/C18H12F3N7O2/c19-13-6-9(4-5-12(13)17-24-25-18(30-17)14(20)21)8-28-26-16(23-27-28)11-3-1-2-10(7-11)15(22)29/h1-7,14H,8H2,(H2,22,29). The zero-order chi connectivity index (χ0) is 21.3. The van der Waals surface area contributed by atoms with Crippen molar-refractivity contribution < 1.29 is 22.4 Å². The zero-order valence-corrected chi connectivity index (χ0v) is 15.0. The number of alkyl halides is 2. The third-order valence-corrected chi connectivity index (χ3v) is 4.07. The van der Waals surface area contributed by atoms with Crippen LogP contribution in [0.3, 0.4) is 0 Å². The van der Waals surface area contributed by atoms with Crippen LogP contribution in [0.15, 0.2) is 46.9 Å². The molecular weight excluding hydrogens is 403 g/mol. The van der Waals surface area contributed by atoms with Crippen LogP contribution in [0.1, 0.15) is 28.2 Å². The molecule has 0 saturated heterocycles. The molecule has 0 spiro atoms. The van der Waals surface area contributed by atoms with Gasteiger partial charge in [0.25, 0.3) is 11.8 Å². The van der Waals surface area contributed by atoms with Crippen LogP contribution < -0.4 is 5.73 Å². The molecule has 0 unspecified atom stereocenters. The van der Waals surface area contributed by atoms with Gasteiger partial charge in [-0.1, -0.05) is 18.2 Å². The van der Waals surface area contributed by atoms with Crippen LogP contribution in [0.2, 0.25) is 0 Å². The Hall–Kier alpha value is -4.09. The number of rotatable bonds is 6. The van der Waals surface area contributed by atoms with Crippen molar-refractivity contribution >= 4 is 5.91 Å². The highest BCUT2D eigenvalue weighted by Gasteiger charge is 2.19. The number of carbonyl (C=O) groups is 1. The van der Waals surface area contributed by atoms with Crippen molar-refractivity contribution in [1.29, 1.82) is 0 Å². The van der Waals surface area contributed by atoms with E-state index in [1.165, 1.54) is 23.0 Å². The van der Waals surface area contributed by atoms with Gasteiger partial charge >= 0.3 is 6.43 Å². The monoisotopic (exact) mass is 415 g/mol. The first-order chi connectivity index (χ1) is 14.4. The van der Waals surface area contributed by atoms with Crippen molar-refractivity contribution in [2.24, 2.45) is 5.73 Å². The first-order valence-electron chi connectivity index (χ1n) is 8.49. The highest BCUT2D eigenvalue weighted by molar-refractivity contribution is 5.93. The van der Waals surface area contributed by atoms with Gasteiger partial charge in [0.2, 0.25) is 11.7 Å². The van der Waals surface area contributed by atoms with Crippen molar-refractivity contribution in [2.75, 3.05) is 0 Å². The summed E-state index contributed by atoms with van der Waals surface area (Å²) in [6.07, 6.45) is -2.94. The summed E-state index contributed by atoms with van der Waals surface area (Å²) in [6, 6.07) is 10.5. The molecule has 9 nitrogen and oxygen atoms in total. The number of aromatic nitrogens is 6. The van der Waals surface area contributed by atoms with Gasteiger partial charge in [-0.15, -0.1) is 20.4 Å². The van der Waals surface area contributed by atoms with Crippen molar-refractivity contribution in [3.63, 3.8) is 0 Å². The second-order valence-electron chi connectivity index (χ2n) is 6.15. The highest BCUT2D eigenvalue weighted by Crippen LogP contribution is 2.26. The minimum absolute atomic E-state index is 0.0891. The molecule has 0 radical (unpaired) electrons. The van der Waals surface area contributed by atoms with Crippen molar-refractivity contribution in [2.45, 2.75) is 13.0 Å². The summed E-state index contributed by atoms with van der Waals surface area (Å²) < 4.78 is 44.3. The number of amides is 1. The van der Waals surface area contributed by atoms with Crippen molar-refractivity contribution in [3.8, 4) is 22.8 Å². The lowest BCUT2D eigenvalue weighted by molar-refractivity contribution is 0.1000. The van der Waals surface area contributed by atoms with Crippen LogP contribution in [0.4, 0.5) is 13.2 Å². The van der Waals surface area contributed by atoms with Gasteiger partial charge < -0.3 is 10.2 Å². The van der Waals surface area contributed by atoms with E-state index in [0.717, 1.165) is 0 Å². The third kappa shape index (κ3) is 3.87. The molecule has 0 aliphatic rings. The molecule has 0 atom stereocenters. The second kappa shape index (κ2) is 7.73. The Bertz CT molecular complexity index is 1220. The maximum Gasteiger partial charge on any atom is 0.314 e. The lowest BCUT2D eigenvalue weighted by Gasteiger charge is -2.03. The summed E-state index contributed by atoms with van der Waals surface area (Å²) in [5.74, 6) is -2.27. The van der Waals surface area contributed by atoms with Crippen LogP contribution in [0.5, 0.6) is 0 Å². The number of carbonyl (C=O) groups excluding carboxylic acids is 1. The maximum atomic E-state index is 14.4. The fourth-order valence-corrected chi connectivity index (χ4v) is 2.66. The number of primary amides is 1. The minimum atomic E-state index is -2.94. The summed E-state index contributed by atoms with van der Waals surface area (Å²) in [4.78, 5) is 12.5. The number of hydrogen-bond donors (Lipinski definition) is 1. The van der Waals surface area contributed by atoms with Crippen LogP contribution in [-0.2, 0) is 6.54 Å². The Kier molecular flexibility index (Phi) is 4.96. The van der Waals surface area contributed by atoms with E-state index in [1.807, 2.05) is 0 Å². The minimum Gasteiger partial charge on any atom is -0.415 e. The van der Waals surface area contributed by atoms with Gasteiger partial charge in [0.05, 0.1) is 12.1 Å². The van der Waals surface area contributed by atoms with E-state index in [2.05, 4.69) is 25.6 Å². The Morgan fingerprint density at radius 2 is 1.97 bits per heavy atom. The van der Waals surface area contributed by atoms with Gasteiger partial charge in [0.1, 0.15) is 5.82 Å². The van der Waals surface area contributed by atoms with Gasteiger partial charge in [0.15, 0.2) is 0 Å². The number of nitrogens with zero attached hydrogens (tertiary/aromatic N) is 6. The zero-order valence-electron chi connectivity index (χ0n) is 15.0. The predicted molar refractivity (Wildman–Crippen MR) is 95.5 cm³/mol. The molecule has 0 saturated carbocycles. The molecule has 2 aromatic carbocycles. The Morgan fingerprint density at radius 3 is 2.67 bits per heavy atom. The fraction of sp³-hybridized carbons (Fsp3) is 0.111. The molecule has 30 heavy (non-hydrogen) atoms. The van der Waals surface area contributed by atoms with Gasteiger partial charge in [-0.05, 0) is 35.0 Å². The average molecular weight is 415 g/mol. The second-order valence-corrected chi connectivity index (χ2v) is 6.15. The normalized spacial score (nSPS) is 11.2. The van der Waals surface area contributed by atoms with Gasteiger partial charge in [-0.2, -0.15) is 13.6 Å². The molecule has 0 aliphatic heterocycles. The molecule has 0 bridgehead atoms. The van der Waals surface area contributed by atoms with E-state index in [0.29, 0.717) is 16.7 Å². The summed E-state index contributed by atoms with van der Waals surface area (Å²) in [7, 11) is 0. The summed E-state index contributed by atoms with van der Waals surface area (Å²) in [5, 5.41) is 18.6. The molecule has 0 fully saturated rings. The number of tetrazole rings is 1. The lowest BCUT2D eigenvalue weighted by Crippen LogP contribution is -2.10. The molecule has 4 rings (SSSR count). The molecule has 2 heterocycles. The van der Waals surface area contributed by atoms with E-state index < -0.39 is 24.0 Å². The molecule has 12 heteroatoms. The van der Waals surface area contributed by atoms with Crippen LogP contribution in [0.25, 0.3) is 22.8 Å². The molecule has 2 aromatic heterocycles. The Balaban J connectivity index is 1.53. The van der Waals surface area contributed by atoms with E-state index in [9.17, 15) is 18.0 Å². The molecule has 2 N–H and O–H groups in total. The Labute approximate surface area is 166 Å². The quantitative estimate of drug-likeness (QED) is 0.513. The number of hydrogen-bond acceptors (Lipinski definition) is 7. The number of nitrogens with two attached hydrogens (primary N) is 1. The summed E-state index contributed by atoms with van der Waals surface area (Å²) in [6.45, 7) is 0.0891. The van der Waals surface area contributed by atoms with Crippen molar-refractivity contribution in [1.82, 2.24) is 30.4 Å². The SMILES string of the molecule is NC(=O)c1cccc(-c2nnn(Cc3ccc(-c4nnc(C(F)F)o4)c(F)c3)n2)c1. The van der Waals surface area contributed by atoms with E-state index >= 15 is 0 Å². The average Bonchev–Trinajstić information content (AvgIpc) is 3.38. The van der Waals surface area contributed by atoms with E-state index in [-0.39, 0.29) is 23.8 Å². The molecule has 1 amide bonds. The number of halogens is 3. The largest absolute Gasteiger partial charge is 0.415 e. The Morgan fingerprint density at radius 1 is 1.13 bits per heavy atom. The van der Waals surface area contributed by atoms with E-state index in [1.54, 1.807) is 24.3 Å². The fourth-order valence-electron chi connectivity index (χ4n) is 2.66. The topological polar surface area (TPSA) is 126 Å². The van der Waals surface area contributed by atoms with Crippen LogP contribution >= 0.6 is 0 Å². The van der Waals surface area contributed by atoms with Crippen LogP contribution in [0, 0.1) is 5.82 Å². The maximum absolute atomic E-state index is 14.4. The molecular formula is C18H12F3N7O2. The lowest BCUT2D eigenvalue weighted by atomic mass is 10.1. The predicted octanol–water partition coefficient (Wildman–Crippen LogP) is 2.61. The first kappa shape index (κ1) is 19.2. The summed E-state index contributed by atoms with van der Waals surface area (Å²) >= 11 is 0. The van der Waals surface area contributed by atoms with Crippen LogP contribution in [-0.4, -0.2) is 36.3 Å².